The van der Waals surface area contributed by atoms with Crippen LogP contribution in [0.5, 0.6) is 0 Å². The van der Waals surface area contributed by atoms with Gasteiger partial charge in [0.2, 0.25) is 17.7 Å². The van der Waals surface area contributed by atoms with Gasteiger partial charge in [0, 0.05) is 26.2 Å². The smallest absolute Gasteiger partial charge is 0.249 e. The van der Waals surface area contributed by atoms with Gasteiger partial charge >= 0.3 is 0 Å². The number of carbonyl (C=O) groups excluding carboxylic acids is 3. The molecule has 0 radical (unpaired) electrons. The van der Waals surface area contributed by atoms with E-state index >= 15 is 0 Å². The molecule has 6 atom stereocenters. The number of aliphatic hydroxyl groups excluding tert-OH is 1. The first-order valence-corrected chi connectivity index (χ1v) is 14.5. The van der Waals surface area contributed by atoms with Crippen LogP contribution < -0.4 is 0 Å². The lowest BCUT2D eigenvalue weighted by Crippen LogP contribution is -2.58. The maximum Gasteiger partial charge on any atom is 0.249 e. The van der Waals surface area contributed by atoms with Crippen molar-refractivity contribution in [1.29, 1.82) is 0 Å². The highest BCUT2D eigenvalue weighted by molar-refractivity contribution is 6.00. The standard InChI is InChI=1S/C33H37N3O5/c1-3-25(22-37)36-28-31(40)35(21-24-14-8-5-9-15-24)19-11-17-33(28)27(30(36)39)26-29(38)34(18-10-16-32(26,2)41-33)20-23-12-6-4-7-13-23/h4-17,25-28,37H,3,18-22H2,1-2H3/t25-,26+,27-,28?,32-,33-/m0/s1. The summed E-state index contributed by atoms with van der Waals surface area (Å²) in [5.74, 6) is -2.44. The number of amides is 3. The summed E-state index contributed by atoms with van der Waals surface area (Å²) in [6.45, 7) is 5.00. The number of carbonyl (C=O) groups is 3. The monoisotopic (exact) mass is 555 g/mol. The molecule has 1 unspecified atom stereocenters. The Bertz CT molecular complexity index is 1370. The SMILES string of the molecule is CC[C@@H](CO)N1C(=O)[C@@H]2[C@@H]3C(=O)N(Cc4ccccc4)CC=C[C@]3(C)O[C@@]23C=CCN(Cc2ccccc2)C(=O)C13. The zero-order valence-electron chi connectivity index (χ0n) is 23.6. The second-order valence-corrected chi connectivity index (χ2v) is 11.7. The molecule has 2 fully saturated rings. The van der Waals surface area contributed by atoms with Crippen LogP contribution in [-0.4, -0.2) is 80.5 Å². The Morgan fingerprint density at radius 2 is 1.39 bits per heavy atom. The fourth-order valence-electron chi connectivity index (χ4n) is 7.26. The van der Waals surface area contributed by atoms with Crippen molar-refractivity contribution >= 4 is 17.7 Å². The summed E-state index contributed by atoms with van der Waals surface area (Å²) in [6, 6.07) is 17.9. The van der Waals surface area contributed by atoms with Crippen LogP contribution in [0, 0.1) is 11.8 Å². The van der Waals surface area contributed by atoms with Gasteiger partial charge in [-0.1, -0.05) is 91.9 Å². The minimum absolute atomic E-state index is 0.166. The predicted molar refractivity (Wildman–Crippen MR) is 153 cm³/mol. The van der Waals surface area contributed by atoms with E-state index < -0.39 is 35.1 Å². The summed E-state index contributed by atoms with van der Waals surface area (Å²) < 4.78 is 6.89. The number of hydrogen-bond donors (Lipinski definition) is 1. The number of aliphatic hydroxyl groups is 1. The van der Waals surface area contributed by atoms with E-state index in [2.05, 4.69) is 0 Å². The van der Waals surface area contributed by atoms with Crippen LogP contribution in [0.15, 0.2) is 85.0 Å². The molecule has 8 nitrogen and oxygen atoms in total. The van der Waals surface area contributed by atoms with E-state index in [0.29, 0.717) is 32.6 Å². The van der Waals surface area contributed by atoms with E-state index in [1.165, 1.54) is 4.90 Å². The first-order chi connectivity index (χ1) is 19.8. The van der Waals surface area contributed by atoms with Gasteiger partial charge in [0.25, 0.3) is 0 Å². The molecule has 1 spiro atoms. The highest BCUT2D eigenvalue weighted by atomic mass is 16.5. The molecule has 3 amide bonds. The Labute approximate surface area is 240 Å². The van der Waals surface area contributed by atoms with Crippen molar-refractivity contribution in [3.63, 3.8) is 0 Å². The topological polar surface area (TPSA) is 90.4 Å². The highest BCUT2D eigenvalue weighted by Crippen LogP contribution is 2.58. The second kappa shape index (κ2) is 10.6. The summed E-state index contributed by atoms with van der Waals surface area (Å²) in [4.78, 5) is 48.3. The molecule has 2 aromatic carbocycles. The maximum absolute atomic E-state index is 14.5. The fraction of sp³-hybridized carbons (Fsp3) is 0.424. The zero-order valence-corrected chi connectivity index (χ0v) is 23.6. The summed E-state index contributed by atoms with van der Waals surface area (Å²) in [5, 5.41) is 10.3. The quantitative estimate of drug-likeness (QED) is 0.531. The first kappa shape index (κ1) is 27.4. The van der Waals surface area contributed by atoms with Crippen molar-refractivity contribution in [2.24, 2.45) is 11.8 Å². The Hall–Kier alpha value is -3.75. The Kier molecular flexibility index (Phi) is 7.08. The molecule has 6 rings (SSSR count). The van der Waals surface area contributed by atoms with Crippen LogP contribution in [0.1, 0.15) is 31.4 Å². The molecule has 4 heterocycles. The maximum atomic E-state index is 14.5. The molecule has 1 N–H and O–H groups in total. The molecule has 4 aliphatic rings. The van der Waals surface area contributed by atoms with Crippen molar-refractivity contribution in [2.45, 2.75) is 56.6 Å². The van der Waals surface area contributed by atoms with Crippen LogP contribution >= 0.6 is 0 Å². The van der Waals surface area contributed by atoms with Crippen molar-refractivity contribution < 1.29 is 24.2 Å². The van der Waals surface area contributed by atoms with Crippen LogP contribution in [0.3, 0.4) is 0 Å². The number of rotatable bonds is 7. The number of ether oxygens (including phenoxy) is 1. The van der Waals surface area contributed by atoms with Gasteiger partial charge in [0.1, 0.15) is 11.6 Å². The molecule has 0 bridgehead atoms. The molecule has 0 saturated carbocycles. The van der Waals surface area contributed by atoms with Crippen molar-refractivity contribution in [2.75, 3.05) is 19.7 Å². The van der Waals surface area contributed by atoms with E-state index in [1.54, 1.807) is 9.80 Å². The van der Waals surface area contributed by atoms with Gasteiger partial charge < -0.3 is 24.5 Å². The van der Waals surface area contributed by atoms with Crippen LogP contribution in [0.25, 0.3) is 0 Å². The number of hydrogen-bond acceptors (Lipinski definition) is 5. The van der Waals surface area contributed by atoms with E-state index in [-0.39, 0.29) is 24.3 Å². The van der Waals surface area contributed by atoms with Crippen LogP contribution in [0.4, 0.5) is 0 Å². The summed E-state index contributed by atoms with van der Waals surface area (Å²) in [6.07, 6.45) is 8.05. The molecule has 2 aromatic rings. The van der Waals surface area contributed by atoms with Gasteiger partial charge in [-0.05, 0) is 24.5 Å². The molecule has 0 aromatic heterocycles. The average molecular weight is 556 g/mol. The Morgan fingerprint density at radius 3 is 1.95 bits per heavy atom. The third kappa shape index (κ3) is 4.41. The fourth-order valence-corrected chi connectivity index (χ4v) is 7.26. The largest absolute Gasteiger partial charge is 0.394 e. The average Bonchev–Trinajstić information content (AvgIpc) is 3.26. The molecule has 2 saturated heterocycles. The van der Waals surface area contributed by atoms with Crippen LogP contribution in [0.2, 0.25) is 0 Å². The van der Waals surface area contributed by atoms with E-state index in [0.717, 1.165) is 11.1 Å². The lowest BCUT2D eigenvalue weighted by molar-refractivity contribution is -0.156. The molecule has 0 aliphatic carbocycles. The number of nitrogens with zero attached hydrogens (tertiary/aromatic N) is 3. The molecular formula is C33H37N3O5. The molecule has 4 aliphatic heterocycles. The first-order valence-electron chi connectivity index (χ1n) is 14.5. The predicted octanol–water partition coefficient (Wildman–Crippen LogP) is 2.93. The van der Waals surface area contributed by atoms with E-state index in [1.807, 2.05) is 98.8 Å². The Morgan fingerprint density at radius 1 is 0.829 bits per heavy atom. The number of fused-ring (bicyclic) bond motifs is 2. The second-order valence-electron chi connectivity index (χ2n) is 11.7. The van der Waals surface area contributed by atoms with Gasteiger partial charge in [0.15, 0.2) is 0 Å². The van der Waals surface area contributed by atoms with Gasteiger partial charge in [-0.2, -0.15) is 0 Å². The van der Waals surface area contributed by atoms with Crippen molar-refractivity contribution in [3.05, 3.63) is 96.1 Å². The summed E-state index contributed by atoms with van der Waals surface area (Å²) in [5.41, 5.74) is -0.438. The third-order valence-corrected chi connectivity index (χ3v) is 9.17. The minimum Gasteiger partial charge on any atom is -0.394 e. The minimum atomic E-state index is -1.34. The molecule has 8 heteroatoms. The molecule has 41 heavy (non-hydrogen) atoms. The normalized spacial score (nSPS) is 31.5. The van der Waals surface area contributed by atoms with Gasteiger partial charge in [-0.3, -0.25) is 14.4 Å². The Balaban J connectivity index is 1.42. The number of benzene rings is 2. The van der Waals surface area contributed by atoms with E-state index in [9.17, 15) is 19.5 Å². The summed E-state index contributed by atoms with van der Waals surface area (Å²) in [7, 11) is 0. The van der Waals surface area contributed by atoms with Gasteiger partial charge in [0.05, 0.1) is 30.1 Å². The lowest BCUT2D eigenvalue weighted by Gasteiger charge is -2.40. The van der Waals surface area contributed by atoms with Crippen LogP contribution in [-0.2, 0) is 32.2 Å². The highest BCUT2D eigenvalue weighted by Gasteiger charge is 2.75. The van der Waals surface area contributed by atoms with Gasteiger partial charge in [-0.25, -0.2) is 0 Å². The zero-order chi connectivity index (χ0) is 28.8. The third-order valence-electron chi connectivity index (χ3n) is 9.17. The number of likely N-dealkylation sites (tertiary alicyclic amines) is 1. The molecule has 214 valence electrons. The van der Waals surface area contributed by atoms with Crippen molar-refractivity contribution in [1.82, 2.24) is 14.7 Å². The lowest BCUT2D eigenvalue weighted by atomic mass is 9.74. The van der Waals surface area contributed by atoms with Gasteiger partial charge in [-0.15, -0.1) is 0 Å². The van der Waals surface area contributed by atoms with Crippen molar-refractivity contribution in [3.8, 4) is 0 Å². The van der Waals surface area contributed by atoms with E-state index in [4.69, 9.17) is 4.74 Å². The molecular weight excluding hydrogens is 518 g/mol. The summed E-state index contributed by atoms with van der Waals surface area (Å²) >= 11 is 0.